The Kier molecular flexibility index (Phi) is 6.31. The number of benzene rings is 1. The molecule has 1 amide bonds. The largest absolute Gasteiger partial charge is 0.573 e. The number of aromatic nitrogens is 3. The molecule has 32 heavy (non-hydrogen) atoms. The molecular formula is C22H23F3N4O3. The van der Waals surface area contributed by atoms with E-state index in [1.165, 1.54) is 12.1 Å². The Morgan fingerprint density at radius 3 is 2.56 bits per heavy atom. The van der Waals surface area contributed by atoms with Gasteiger partial charge in [0.15, 0.2) is 5.65 Å². The van der Waals surface area contributed by atoms with Gasteiger partial charge in [-0.1, -0.05) is 19.1 Å². The number of rotatable bonds is 6. The van der Waals surface area contributed by atoms with E-state index in [0.29, 0.717) is 43.7 Å². The summed E-state index contributed by atoms with van der Waals surface area (Å²) in [7, 11) is 0. The molecule has 10 heteroatoms. The number of hydrogen-bond donors (Lipinski definition) is 0. The van der Waals surface area contributed by atoms with Crippen LogP contribution in [0.15, 0.2) is 42.9 Å². The van der Waals surface area contributed by atoms with Crippen molar-refractivity contribution >= 4 is 11.6 Å². The zero-order valence-corrected chi connectivity index (χ0v) is 17.5. The zero-order valence-electron chi connectivity index (χ0n) is 17.5. The molecule has 4 rings (SSSR count). The van der Waals surface area contributed by atoms with Crippen LogP contribution in [0, 0.1) is 0 Å². The Labute approximate surface area is 182 Å². The number of hydrogen-bond acceptors (Lipinski definition) is 5. The standard InChI is InChI=1S/C22H23F3N4O3/c1-2-18-20(29-12-9-26-13-19(29)27-18)21(30)28-10-7-16(8-11-28)31-14-15-3-5-17(6-4-15)32-22(23,24)25/h3-6,9,12-13,16H,2,7-8,10-11,14H2,1H3. The lowest BCUT2D eigenvalue weighted by Gasteiger charge is -2.32. The zero-order chi connectivity index (χ0) is 22.7. The van der Waals surface area contributed by atoms with Crippen molar-refractivity contribution in [2.75, 3.05) is 13.1 Å². The van der Waals surface area contributed by atoms with E-state index < -0.39 is 6.36 Å². The van der Waals surface area contributed by atoms with Gasteiger partial charge in [-0.05, 0) is 37.0 Å². The highest BCUT2D eigenvalue weighted by Gasteiger charge is 2.31. The first kappa shape index (κ1) is 22.1. The minimum absolute atomic E-state index is 0.0258. The molecule has 0 atom stereocenters. The molecule has 0 radical (unpaired) electrons. The lowest BCUT2D eigenvalue weighted by molar-refractivity contribution is -0.274. The summed E-state index contributed by atoms with van der Waals surface area (Å²) >= 11 is 0. The monoisotopic (exact) mass is 448 g/mol. The first-order valence-corrected chi connectivity index (χ1v) is 10.4. The van der Waals surface area contributed by atoms with Gasteiger partial charge >= 0.3 is 6.36 Å². The summed E-state index contributed by atoms with van der Waals surface area (Å²) in [6, 6.07) is 5.63. The third kappa shape index (κ3) is 5.01. The fraction of sp³-hybridized carbons (Fsp3) is 0.409. The first-order chi connectivity index (χ1) is 15.3. The molecule has 1 aromatic carbocycles. The molecule has 7 nitrogen and oxygen atoms in total. The van der Waals surface area contributed by atoms with Crippen LogP contribution in [-0.2, 0) is 17.8 Å². The molecule has 1 aliphatic rings. The van der Waals surface area contributed by atoms with Crippen molar-refractivity contribution in [2.24, 2.45) is 0 Å². The number of ether oxygens (including phenoxy) is 2. The molecule has 170 valence electrons. The summed E-state index contributed by atoms with van der Waals surface area (Å²) < 4.78 is 48.3. The van der Waals surface area contributed by atoms with Gasteiger partial charge in [-0.3, -0.25) is 14.2 Å². The molecule has 3 heterocycles. The minimum Gasteiger partial charge on any atom is -0.406 e. The highest BCUT2D eigenvalue weighted by molar-refractivity contribution is 5.94. The predicted octanol–water partition coefficient (Wildman–Crippen LogP) is 4.01. The minimum atomic E-state index is -4.71. The number of amides is 1. The van der Waals surface area contributed by atoms with Crippen LogP contribution in [0.25, 0.3) is 5.65 Å². The Morgan fingerprint density at radius 1 is 1.19 bits per heavy atom. The number of alkyl halides is 3. The van der Waals surface area contributed by atoms with E-state index in [9.17, 15) is 18.0 Å². The van der Waals surface area contributed by atoms with Crippen molar-refractivity contribution in [1.29, 1.82) is 0 Å². The van der Waals surface area contributed by atoms with Crippen LogP contribution in [0.5, 0.6) is 5.75 Å². The number of aryl methyl sites for hydroxylation is 1. The number of imidazole rings is 1. The van der Waals surface area contributed by atoms with Gasteiger partial charge in [-0.15, -0.1) is 13.2 Å². The normalized spacial score (nSPS) is 15.3. The molecule has 0 saturated carbocycles. The van der Waals surface area contributed by atoms with Crippen LogP contribution >= 0.6 is 0 Å². The summed E-state index contributed by atoms with van der Waals surface area (Å²) in [4.78, 5) is 23.6. The maximum Gasteiger partial charge on any atom is 0.573 e. The quantitative estimate of drug-likeness (QED) is 0.570. The van der Waals surface area contributed by atoms with Crippen LogP contribution in [0.3, 0.4) is 0 Å². The number of nitrogens with zero attached hydrogens (tertiary/aromatic N) is 4. The molecule has 0 N–H and O–H groups in total. The Hall–Kier alpha value is -3.14. The highest BCUT2D eigenvalue weighted by Crippen LogP contribution is 2.24. The average Bonchev–Trinajstić information content (AvgIpc) is 3.16. The SMILES string of the molecule is CCc1nc2cnccn2c1C(=O)N1CCC(OCc2ccc(OC(F)(F)F)cc2)CC1. The molecule has 1 fully saturated rings. The highest BCUT2D eigenvalue weighted by atomic mass is 19.4. The summed E-state index contributed by atoms with van der Waals surface area (Å²) in [5, 5.41) is 0. The second-order valence-electron chi connectivity index (χ2n) is 7.56. The maximum absolute atomic E-state index is 13.2. The van der Waals surface area contributed by atoms with Gasteiger partial charge in [0.25, 0.3) is 5.91 Å². The maximum atomic E-state index is 13.2. The third-order valence-electron chi connectivity index (χ3n) is 5.41. The lowest BCUT2D eigenvalue weighted by Crippen LogP contribution is -2.41. The van der Waals surface area contributed by atoms with E-state index in [1.54, 1.807) is 35.1 Å². The number of halogens is 3. The Bertz CT molecular complexity index is 1070. The molecule has 1 saturated heterocycles. The van der Waals surface area contributed by atoms with E-state index in [0.717, 1.165) is 11.3 Å². The van der Waals surface area contributed by atoms with Gasteiger partial charge in [0, 0.05) is 25.5 Å². The van der Waals surface area contributed by atoms with E-state index in [1.807, 2.05) is 11.8 Å². The second kappa shape index (κ2) is 9.15. The molecule has 0 unspecified atom stereocenters. The third-order valence-corrected chi connectivity index (χ3v) is 5.41. The lowest BCUT2D eigenvalue weighted by atomic mass is 10.1. The van der Waals surface area contributed by atoms with Gasteiger partial charge in [0.05, 0.1) is 24.6 Å². The molecule has 0 aliphatic carbocycles. The van der Waals surface area contributed by atoms with E-state index in [4.69, 9.17) is 4.74 Å². The van der Waals surface area contributed by atoms with Crippen LogP contribution in [0.1, 0.15) is 41.5 Å². The molecule has 3 aromatic rings. The predicted molar refractivity (Wildman–Crippen MR) is 109 cm³/mol. The van der Waals surface area contributed by atoms with Crippen molar-refractivity contribution in [3.63, 3.8) is 0 Å². The number of piperidine rings is 1. The van der Waals surface area contributed by atoms with Crippen molar-refractivity contribution in [2.45, 2.75) is 45.3 Å². The average molecular weight is 448 g/mol. The van der Waals surface area contributed by atoms with Gasteiger partial charge in [-0.2, -0.15) is 0 Å². The van der Waals surface area contributed by atoms with Crippen molar-refractivity contribution in [1.82, 2.24) is 19.3 Å². The van der Waals surface area contributed by atoms with Gasteiger partial charge < -0.3 is 14.4 Å². The molecular weight excluding hydrogens is 425 g/mol. The van der Waals surface area contributed by atoms with Crippen LogP contribution in [0.4, 0.5) is 13.2 Å². The molecule has 2 aromatic heterocycles. The summed E-state index contributed by atoms with van der Waals surface area (Å²) in [6.45, 7) is 3.37. The Morgan fingerprint density at radius 2 is 1.91 bits per heavy atom. The van der Waals surface area contributed by atoms with Gasteiger partial charge in [0.2, 0.25) is 0 Å². The second-order valence-corrected chi connectivity index (χ2v) is 7.56. The van der Waals surface area contributed by atoms with Crippen LogP contribution in [0.2, 0.25) is 0 Å². The van der Waals surface area contributed by atoms with Crippen LogP contribution < -0.4 is 4.74 Å². The number of likely N-dealkylation sites (tertiary alicyclic amines) is 1. The smallest absolute Gasteiger partial charge is 0.406 e. The molecule has 0 bridgehead atoms. The van der Waals surface area contributed by atoms with E-state index in [-0.39, 0.29) is 24.4 Å². The fourth-order valence-corrected chi connectivity index (χ4v) is 3.81. The van der Waals surface area contributed by atoms with Gasteiger partial charge in [-0.25, -0.2) is 4.98 Å². The first-order valence-electron chi connectivity index (χ1n) is 10.4. The number of fused-ring (bicyclic) bond motifs is 1. The van der Waals surface area contributed by atoms with Crippen molar-refractivity contribution in [3.05, 3.63) is 59.8 Å². The fourth-order valence-electron chi connectivity index (χ4n) is 3.81. The van der Waals surface area contributed by atoms with Crippen LogP contribution in [-0.4, -0.2) is 50.7 Å². The van der Waals surface area contributed by atoms with Gasteiger partial charge in [0.1, 0.15) is 11.4 Å². The Balaban J connectivity index is 1.31. The van der Waals surface area contributed by atoms with Crippen molar-refractivity contribution in [3.8, 4) is 5.75 Å². The summed E-state index contributed by atoms with van der Waals surface area (Å²) in [5.41, 5.74) is 2.73. The molecule has 0 spiro atoms. The van der Waals surface area contributed by atoms with Crippen molar-refractivity contribution < 1.29 is 27.4 Å². The van der Waals surface area contributed by atoms with E-state index in [2.05, 4.69) is 14.7 Å². The summed E-state index contributed by atoms with van der Waals surface area (Å²) in [5.74, 6) is -0.318. The topological polar surface area (TPSA) is 69.0 Å². The molecule has 1 aliphatic heterocycles. The van der Waals surface area contributed by atoms with E-state index >= 15 is 0 Å². The number of carbonyl (C=O) groups is 1. The number of carbonyl (C=O) groups excluding carboxylic acids is 1. The summed E-state index contributed by atoms with van der Waals surface area (Å²) in [6.07, 6.45) is 2.29.